The van der Waals surface area contributed by atoms with Crippen LogP contribution in [0.1, 0.15) is 39.5 Å². The van der Waals surface area contributed by atoms with Crippen LogP contribution in [0, 0.1) is 17.8 Å². The van der Waals surface area contributed by atoms with Gasteiger partial charge in [0, 0.05) is 26.6 Å². The number of rotatable bonds is 5. The van der Waals surface area contributed by atoms with Gasteiger partial charge in [-0.3, -0.25) is 4.79 Å². The second kappa shape index (κ2) is 7.00. The van der Waals surface area contributed by atoms with Crippen LogP contribution in [0.3, 0.4) is 0 Å². The molecular weight excluding hydrogens is 214 g/mol. The third-order valence-corrected chi connectivity index (χ3v) is 4.07. The van der Waals surface area contributed by atoms with Gasteiger partial charge in [0.25, 0.3) is 0 Å². The van der Waals surface area contributed by atoms with Crippen molar-refractivity contribution < 1.29 is 9.53 Å². The number of amides is 1. The van der Waals surface area contributed by atoms with Gasteiger partial charge in [-0.2, -0.15) is 0 Å². The maximum absolute atomic E-state index is 12.2. The van der Waals surface area contributed by atoms with E-state index in [-0.39, 0.29) is 5.92 Å². The molecule has 0 radical (unpaired) electrons. The average molecular weight is 241 g/mol. The first-order chi connectivity index (χ1) is 8.06. The molecule has 0 bridgehead atoms. The van der Waals surface area contributed by atoms with Crippen LogP contribution in [0.2, 0.25) is 0 Å². The molecule has 3 heteroatoms. The highest BCUT2D eigenvalue weighted by Crippen LogP contribution is 2.33. The highest BCUT2D eigenvalue weighted by Gasteiger charge is 2.29. The molecule has 0 spiro atoms. The summed E-state index contributed by atoms with van der Waals surface area (Å²) in [5, 5.41) is 0. The molecule has 17 heavy (non-hydrogen) atoms. The molecule has 3 nitrogen and oxygen atoms in total. The van der Waals surface area contributed by atoms with Gasteiger partial charge in [0.15, 0.2) is 0 Å². The number of carbonyl (C=O) groups is 1. The summed E-state index contributed by atoms with van der Waals surface area (Å²) in [6.07, 6.45) is 4.57. The van der Waals surface area contributed by atoms with Crippen LogP contribution in [0.15, 0.2) is 0 Å². The molecule has 0 N–H and O–H groups in total. The van der Waals surface area contributed by atoms with Crippen molar-refractivity contribution in [2.24, 2.45) is 17.8 Å². The zero-order chi connectivity index (χ0) is 12.8. The van der Waals surface area contributed by atoms with Crippen molar-refractivity contribution in [2.75, 3.05) is 27.3 Å². The molecule has 1 aliphatic rings. The molecule has 0 saturated heterocycles. The van der Waals surface area contributed by atoms with Crippen LogP contribution in [0.25, 0.3) is 0 Å². The maximum Gasteiger partial charge on any atom is 0.225 e. The summed E-state index contributed by atoms with van der Waals surface area (Å²) < 4.78 is 5.00. The summed E-state index contributed by atoms with van der Waals surface area (Å²) in [6.45, 7) is 5.91. The van der Waals surface area contributed by atoms with Crippen LogP contribution in [0.5, 0.6) is 0 Å². The van der Waals surface area contributed by atoms with E-state index in [0.717, 1.165) is 24.7 Å². The van der Waals surface area contributed by atoms with E-state index in [1.54, 1.807) is 7.11 Å². The van der Waals surface area contributed by atoms with Crippen molar-refractivity contribution >= 4 is 5.91 Å². The lowest BCUT2D eigenvalue weighted by molar-refractivity contribution is -0.136. The number of nitrogens with zero attached hydrogens (tertiary/aromatic N) is 1. The van der Waals surface area contributed by atoms with Crippen molar-refractivity contribution in [1.82, 2.24) is 4.90 Å². The molecule has 1 rings (SSSR count). The summed E-state index contributed by atoms with van der Waals surface area (Å²) in [7, 11) is 3.56. The molecule has 100 valence electrons. The molecule has 1 aliphatic carbocycles. The summed E-state index contributed by atoms with van der Waals surface area (Å²) in [5.41, 5.74) is 0. The fraction of sp³-hybridized carbons (Fsp3) is 0.929. The minimum Gasteiger partial charge on any atom is -0.383 e. The Bertz CT molecular complexity index is 232. The van der Waals surface area contributed by atoms with Gasteiger partial charge in [-0.05, 0) is 37.5 Å². The van der Waals surface area contributed by atoms with Crippen LogP contribution >= 0.6 is 0 Å². The smallest absolute Gasteiger partial charge is 0.225 e. The first-order valence-electron chi connectivity index (χ1n) is 6.80. The molecule has 1 fully saturated rings. The van der Waals surface area contributed by atoms with Gasteiger partial charge in [-0.25, -0.2) is 0 Å². The van der Waals surface area contributed by atoms with Crippen molar-refractivity contribution in [3.8, 4) is 0 Å². The first kappa shape index (κ1) is 14.5. The summed E-state index contributed by atoms with van der Waals surface area (Å²) in [4.78, 5) is 14.0. The standard InChI is InChI=1S/C14H27NO2/c1-11(2)12-5-7-13(8-6-12)14(16)15(3)9-10-17-4/h11-13H,5-10H2,1-4H3. The average Bonchev–Trinajstić information content (AvgIpc) is 2.35. The Labute approximate surface area is 106 Å². The lowest BCUT2D eigenvalue weighted by Crippen LogP contribution is -2.37. The maximum atomic E-state index is 12.2. The minimum atomic E-state index is 0.256. The Kier molecular flexibility index (Phi) is 5.96. The van der Waals surface area contributed by atoms with E-state index in [1.807, 2.05) is 11.9 Å². The Hall–Kier alpha value is -0.570. The quantitative estimate of drug-likeness (QED) is 0.740. The normalized spacial score (nSPS) is 25.0. The van der Waals surface area contributed by atoms with E-state index < -0.39 is 0 Å². The van der Waals surface area contributed by atoms with E-state index in [0.29, 0.717) is 19.1 Å². The number of methoxy groups -OCH3 is 1. The van der Waals surface area contributed by atoms with Crippen LogP contribution < -0.4 is 0 Å². The van der Waals surface area contributed by atoms with Gasteiger partial charge in [0.1, 0.15) is 0 Å². The molecular formula is C14H27NO2. The predicted molar refractivity (Wildman–Crippen MR) is 69.8 cm³/mol. The van der Waals surface area contributed by atoms with Gasteiger partial charge >= 0.3 is 0 Å². The van der Waals surface area contributed by atoms with Gasteiger partial charge in [0.05, 0.1) is 6.61 Å². The Morgan fingerprint density at radius 2 is 1.88 bits per heavy atom. The molecule has 0 atom stereocenters. The summed E-state index contributed by atoms with van der Waals surface area (Å²) in [6, 6.07) is 0. The van der Waals surface area contributed by atoms with E-state index in [4.69, 9.17) is 4.74 Å². The molecule has 1 amide bonds. The third kappa shape index (κ3) is 4.30. The van der Waals surface area contributed by atoms with E-state index in [2.05, 4.69) is 13.8 Å². The van der Waals surface area contributed by atoms with E-state index >= 15 is 0 Å². The van der Waals surface area contributed by atoms with Crippen molar-refractivity contribution in [3.63, 3.8) is 0 Å². The number of hydrogen-bond acceptors (Lipinski definition) is 2. The van der Waals surface area contributed by atoms with Gasteiger partial charge in [-0.1, -0.05) is 13.8 Å². The number of ether oxygens (including phenoxy) is 1. The van der Waals surface area contributed by atoms with Crippen molar-refractivity contribution in [1.29, 1.82) is 0 Å². The Balaban J connectivity index is 2.35. The topological polar surface area (TPSA) is 29.5 Å². The highest BCUT2D eigenvalue weighted by molar-refractivity contribution is 5.78. The molecule has 0 heterocycles. The fourth-order valence-corrected chi connectivity index (χ4v) is 2.68. The molecule has 1 saturated carbocycles. The number of carbonyl (C=O) groups excluding carboxylic acids is 1. The molecule has 0 aromatic carbocycles. The predicted octanol–water partition coefficient (Wildman–Crippen LogP) is 2.55. The van der Waals surface area contributed by atoms with Crippen LogP contribution in [0.4, 0.5) is 0 Å². The largest absolute Gasteiger partial charge is 0.383 e. The number of hydrogen-bond donors (Lipinski definition) is 0. The second-order valence-corrected chi connectivity index (χ2v) is 5.61. The van der Waals surface area contributed by atoms with Gasteiger partial charge in [0.2, 0.25) is 5.91 Å². The van der Waals surface area contributed by atoms with Crippen LogP contribution in [-0.4, -0.2) is 38.1 Å². The SMILES string of the molecule is COCCN(C)C(=O)C1CCC(C(C)C)CC1. The zero-order valence-corrected chi connectivity index (χ0v) is 11.7. The molecule has 0 aromatic rings. The van der Waals surface area contributed by atoms with Gasteiger partial charge < -0.3 is 9.64 Å². The summed E-state index contributed by atoms with van der Waals surface area (Å²) >= 11 is 0. The van der Waals surface area contributed by atoms with Gasteiger partial charge in [-0.15, -0.1) is 0 Å². The monoisotopic (exact) mass is 241 g/mol. The molecule has 0 unspecified atom stereocenters. The fourth-order valence-electron chi connectivity index (χ4n) is 2.68. The Morgan fingerprint density at radius 3 is 2.35 bits per heavy atom. The zero-order valence-electron chi connectivity index (χ0n) is 11.7. The van der Waals surface area contributed by atoms with E-state index in [9.17, 15) is 4.79 Å². The molecule has 0 aromatic heterocycles. The van der Waals surface area contributed by atoms with Crippen LogP contribution in [-0.2, 0) is 9.53 Å². The minimum absolute atomic E-state index is 0.256. The summed E-state index contributed by atoms with van der Waals surface area (Å²) in [5.74, 6) is 2.15. The van der Waals surface area contributed by atoms with E-state index in [1.165, 1.54) is 12.8 Å². The molecule has 0 aliphatic heterocycles. The van der Waals surface area contributed by atoms with Crippen molar-refractivity contribution in [2.45, 2.75) is 39.5 Å². The number of likely N-dealkylation sites (N-methyl/N-ethyl adjacent to an activating group) is 1. The second-order valence-electron chi connectivity index (χ2n) is 5.61. The Morgan fingerprint density at radius 1 is 1.29 bits per heavy atom. The highest BCUT2D eigenvalue weighted by atomic mass is 16.5. The first-order valence-corrected chi connectivity index (χ1v) is 6.80. The lowest BCUT2D eigenvalue weighted by atomic mass is 9.76. The third-order valence-electron chi connectivity index (χ3n) is 4.07. The lowest BCUT2D eigenvalue weighted by Gasteiger charge is -2.32. The van der Waals surface area contributed by atoms with Crippen molar-refractivity contribution in [3.05, 3.63) is 0 Å².